The van der Waals surface area contributed by atoms with Crippen LogP contribution in [0.15, 0.2) is 72.3 Å². The average molecular weight is 487 g/mol. The molecule has 4 rings (SSSR count). The number of hydrogen-bond donors (Lipinski definition) is 0. The summed E-state index contributed by atoms with van der Waals surface area (Å²) in [6, 6.07) is 13.8. The van der Waals surface area contributed by atoms with Crippen molar-refractivity contribution in [3.05, 3.63) is 89.3 Å². The normalized spacial score (nSPS) is 26.4. The van der Waals surface area contributed by atoms with Crippen molar-refractivity contribution < 1.29 is 4.39 Å². The van der Waals surface area contributed by atoms with Gasteiger partial charge in [-0.1, -0.05) is 109 Å². The van der Waals surface area contributed by atoms with Gasteiger partial charge in [0.2, 0.25) is 0 Å². The Kier molecular flexibility index (Phi) is 9.56. The molecule has 2 aromatic rings. The van der Waals surface area contributed by atoms with Crippen molar-refractivity contribution in [3.8, 4) is 11.1 Å². The molecule has 0 nitrogen and oxygen atoms in total. The Balaban J connectivity index is 0.000000658. The molecule has 1 saturated carbocycles. The Morgan fingerprint density at radius 3 is 2.11 bits per heavy atom. The van der Waals surface area contributed by atoms with Crippen LogP contribution in [0.25, 0.3) is 16.7 Å². The monoisotopic (exact) mass is 486 g/mol. The zero-order valence-electron chi connectivity index (χ0n) is 23.8. The van der Waals surface area contributed by atoms with Gasteiger partial charge in [-0.3, -0.25) is 0 Å². The van der Waals surface area contributed by atoms with Gasteiger partial charge in [-0.15, -0.1) is 0 Å². The second kappa shape index (κ2) is 12.2. The summed E-state index contributed by atoms with van der Waals surface area (Å²) in [7, 11) is 0. The van der Waals surface area contributed by atoms with E-state index in [2.05, 4.69) is 91.0 Å². The van der Waals surface area contributed by atoms with Gasteiger partial charge in [0.05, 0.1) is 0 Å². The van der Waals surface area contributed by atoms with Gasteiger partial charge in [0.1, 0.15) is 5.82 Å². The van der Waals surface area contributed by atoms with Crippen LogP contribution < -0.4 is 0 Å². The van der Waals surface area contributed by atoms with Gasteiger partial charge in [0.25, 0.3) is 0 Å². The second-order valence-corrected chi connectivity index (χ2v) is 11.3. The van der Waals surface area contributed by atoms with Gasteiger partial charge in [0.15, 0.2) is 0 Å². The number of halogens is 1. The van der Waals surface area contributed by atoms with Crippen molar-refractivity contribution >= 4 is 5.57 Å². The minimum Gasteiger partial charge on any atom is -0.207 e. The molecular formula is C35H47F. The fraction of sp³-hybridized carbons (Fsp3) is 0.486. The highest BCUT2D eigenvalue weighted by molar-refractivity contribution is 5.77. The Morgan fingerprint density at radius 1 is 0.889 bits per heavy atom. The first-order valence-corrected chi connectivity index (χ1v) is 14.2. The molecule has 36 heavy (non-hydrogen) atoms. The minimum absolute atomic E-state index is 0.190. The molecule has 0 saturated heterocycles. The molecule has 0 aliphatic heterocycles. The summed E-state index contributed by atoms with van der Waals surface area (Å²) in [5.74, 6) is 0.428. The van der Waals surface area contributed by atoms with Gasteiger partial charge in [0, 0.05) is 5.41 Å². The van der Waals surface area contributed by atoms with Crippen molar-refractivity contribution in [3.63, 3.8) is 0 Å². The lowest BCUT2D eigenvalue weighted by Crippen LogP contribution is -2.18. The maximum Gasteiger partial charge on any atom is 0.123 e. The van der Waals surface area contributed by atoms with E-state index in [-0.39, 0.29) is 16.6 Å². The van der Waals surface area contributed by atoms with Crippen molar-refractivity contribution in [2.24, 2.45) is 11.3 Å². The first-order chi connectivity index (χ1) is 17.3. The molecule has 0 radical (unpaired) electrons. The SMILES string of the molecule is CCC12C[C@@]1(CC)/C=C/C=C(CC(C)C)\C=C(/C)c1cc(-c3ccc(F)cc3)ccc12.CCCCC. The average Bonchev–Trinajstić information content (AvgIpc) is 3.53. The zero-order chi connectivity index (χ0) is 26.3. The number of benzene rings is 2. The lowest BCUT2D eigenvalue weighted by molar-refractivity contribution is 0.477. The Morgan fingerprint density at radius 2 is 1.56 bits per heavy atom. The summed E-state index contributed by atoms with van der Waals surface area (Å²) in [5, 5.41) is 0. The predicted molar refractivity (Wildman–Crippen MR) is 157 cm³/mol. The number of allylic oxidation sites excluding steroid dienone is 6. The lowest BCUT2D eigenvalue weighted by atomic mass is 9.77. The van der Waals surface area contributed by atoms with Crippen molar-refractivity contribution in [1.29, 1.82) is 0 Å². The molecule has 2 atom stereocenters. The van der Waals surface area contributed by atoms with E-state index in [4.69, 9.17) is 0 Å². The molecule has 1 heteroatoms. The predicted octanol–water partition coefficient (Wildman–Crippen LogP) is 11.1. The second-order valence-electron chi connectivity index (χ2n) is 11.3. The number of hydrogen-bond acceptors (Lipinski definition) is 0. The molecule has 194 valence electrons. The topological polar surface area (TPSA) is 0 Å². The van der Waals surface area contributed by atoms with Gasteiger partial charge in [-0.25, -0.2) is 4.39 Å². The molecule has 0 aromatic heterocycles. The molecule has 2 aromatic carbocycles. The molecule has 0 heterocycles. The maximum atomic E-state index is 13.5. The van der Waals surface area contributed by atoms with Crippen LogP contribution in [-0.2, 0) is 5.41 Å². The zero-order valence-corrected chi connectivity index (χ0v) is 23.8. The summed E-state index contributed by atoms with van der Waals surface area (Å²) in [6.07, 6.45) is 18.2. The largest absolute Gasteiger partial charge is 0.207 e. The quantitative estimate of drug-likeness (QED) is 0.365. The van der Waals surface area contributed by atoms with Gasteiger partial charge in [-0.05, 0) is 95.5 Å². The number of fused-ring (bicyclic) bond motifs is 3. The van der Waals surface area contributed by atoms with E-state index in [9.17, 15) is 4.39 Å². The molecule has 0 bridgehead atoms. The molecular weight excluding hydrogens is 439 g/mol. The van der Waals surface area contributed by atoms with Crippen LogP contribution in [0.1, 0.15) is 105 Å². The van der Waals surface area contributed by atoms with Crippen LogP contribution in [0.3, 0.4) is 0 Å². The first-order valence-electron chi connectivity index (χ1n) is 14.2. The van der Waals surface area contributed by atoms with Crippen LogP contribution in [0.4, 0.5) is 4.39 Å². The summed E-state index contributed by atoms with van der Waals surface area (Å²) >= 11 is 0. The van der Waals surface area contributed by atoms with E-state index in [0.29, 0.717) is 5.92 Å². The highest BCUT2D eigenvalue weighted by atomic mass is 19.1. The minimum atomic E-state index is -0.190. The van der Waals surface area contributed by atoms with Crippen molar-refractivity contribution in [2.45, 2.75) is 98.8 Å². The van der Waals surface area contributed by atoms with Gasteiger partial charge in [-0.2, -0.15) is 0 Å². The highest BCUT2D eigenvalue weighted by Gasteiger charge is 2.64. The Labute approximate surface area is 220 Å². The number of rotatable bonds is 7. The molecule has 1 fully saturated rings. The van der Waals surface area contributed by atoms with Crippen LogP contribution in [0.2, 0.25) is 0 Å². The van der Waals surface area contributed by atoms with E-state index < -0.39 is 0 Å². The fourth-order valence-corrected chi connectivity index (χ4v) is 6.15. The van der Waals surface area contributed by atoms with E-state index in [1.807, 2.05) is 12.1 Å². The summed E-state index contributed by atoms with van der Waals surface area (Å²) < 4.78 is 13.5. The standard InChI is InChI=1S/C30H35F.C5H12/c1-6-29-16-8-9-23(17-21(3)4)18-22(5)27-19-25(24-10-13-26(31)14-11-24)12-15-28(27)30(29,7-2)20-29;1-3-5-4-2/h8-16,18-19,21H,6-7,17,20H2,1-5H3;3-5H2,1-2H3/b16-8+,22-18+,23-9-;/t29-,30?;/m1./s1. The van der Waals surface area contributed by atoms with E-state index in [0.717, 1.165) is 30.4 Å². The summed E-state index contributed by atoms with van der Waals surface area (Å²) in [6.45, 7) is 15.9. The fourth-order valence-electron chi connectivity index (χ4n) is 6.15. The van der Waals surface area contributed by atoms with E-state index >= 15 is 0 Å². The van der Waals surface area contributed by atoms with E-state index in [1.165, 1.54) is 48.0 Å². The van der Waals surface area contributed by atoms with Crippen molar-refractivity contribution in [2.75, 3.05) is 0 Å². The van der Waals surface area contributed by atoms with E-state index in [1.54, 1.807) is 12.1 Å². The third-order valence-corrected chi connectivity index (χ3v) is 8.30. The molecule has 2 aliphatic carbocycles. The van der Waals surface area contributed by atoms with Crippen LogP contribution >= 0.6 is 0 Å². The maximum absolute atomic E-state index is 13.5. The van der Waals surface area contributed by atoms with Crippen molar-refractivity contribution in [1.82, 2.24) is 0 Å². The molecule has 0 N–H and O–H groups in total. The lowest BCUT2D eigenvalue weighted by Gasteiger charge is -2.27. The third-order valence-electron chi connectivity index (χ3n) is 8.30. The van der Waals surface area contributed by atoms with Crippen LogP contribution in [-0.4, -0.2) is 0 Å². The Hall–Kier alpha value is -2.41. The molecule has 0 amide bonds. The summed E-state index contributed by atoms with van der Waals surface area (Å²) in [5.41, 5.74) is 8.20. The van der Waals surface area contributed by atoms with Crippen LogP contribution in [0.5, 0.6) is 0 Å². The number of unbranched alkanes of at least 4 members (excludes halogenated alkanes) is 2. The van der Waals surface area contributed by atoms with Gasteiger partial charge < -0.3 is 0 Å². The molecule has 0 spiro atoms. The summed E-state index contributed by atoms with van der Waals surface area (Å²) in [4.78, 5) is 0. The molecule has 2 aliphatic rings. The third kappa shape index (κ3) is 5.93. The van der Waals surface area contributed by atoms with Gasteiger partial charge >= 0.3 is 0 Å². The molecule has 1 unspecified atom stereocenters. The first kappa shape index (κ1) is 28.2. The Bertz CT molecular complexity index is 1100. The smallest absolute Gasteiger partial charge is 0.123 e. The highest BCUT2D eigenvalue weighted by Crippen LogP contribution is 2.70. The van der Waals surface area contributed by atoms with Crippen LogP contribution in [0, 0.1) is 17.2 Å².